The van der Waals surface area contributed by atoms with Crippen molar-refractivity contribution in [3.63, 3.8) is 0 Å². The van der Waals surface area contributed by atoms with Crippen molar-refractivity contribution in [2.75, 3.05) is 4.90 Å². The fourth-order valence-electron chi connectivity index (χ4n) is 2.83. The molecule has 0 aromatic heterocycles. The molecule has 2 atom stereocenters. The van der Waals surface area contributed by atoms with E-state index >= 15 is 0 Å². The smallest absolute Gasteiger partial charge is 0.258 e. The Bertz CT molecular complexity index is 606. The van der Waals surface area contributed by atoms with Gasteiger partial charge in [0.15, 0.2) is 0 Å². The lowest BCUT2D eigenvalue weighted by Gasteiger charge is -2.39. The minimum absolute atomic E-state index is 0.104. The van der Waals surface area contributed by atoms with Crippen molar-refractivity contribution in [1.82, 2.24) is 0 Å². The molecule has 2 nitrogen and oxygen atoms in total. The SMILES string of the molecule is C[C@@H]1c2ccccc2C(=O)N(c2ccccc2)[C@H]1C. The maximum Gasteiger partial charge on any atom is 0.258 e. The van der Waals surface area contributed by atoms with Crippen molar-refractivity contribution in [3.8, 4) is 0 Å². The zero-order chi connectivity index (χ0) is 13.4. The van der Waals surface area contributed by atoms with Gasteiger partial charge in [-0.15, -0.1) is 0 Å². The van der Waals surface area contributed by atoms with Gasteiger partial charge in [0.2, 0.25) is 0 Å². The molecule has 0 bridgehead atoms. The van der Waals surface area contributed by atoms with E-state index in [1.165, 1.54) is 0 Å². The Morgan fingerprint density at radius 3 is 2.26 bits per heavy atom. The van der Waals surface area contributed by atoms with Gasteiger partial charge in [-0.2, -0.15) is 0 Å². The summed E-state index contributed by atoms with van der Waals surface area (Å²) in [5.74, 6) is 0.446. The molecule has 2 aromatic rings. The molecule has 0 saturated heterocycles. The molecule has 0 spiro atoms. The molecule has 1 aliphatic heterocycles. The van der Waals surface area contributed by atoms with Gasteiger partial charge < -0.3 is 4.90 Å². The molecule has 2 aromatic carbocycles. The Morgan fingerprint density at radius 2 is 1.53 bits per heavy atom. The largest absolute Gasteiger partial charge is 0.305 e. The molecule has 3 rings (SSSR count). The van der Waals surface area contributed by atoms with Crippen LogP contribution < -0.4 is 4.90 Å². The van der Waals surface area contributed by atoms with Gasteiger partial charge >= 0.3 is 0 Å². The monoisotopic (exact) mass is 251 g/mol. The van der Waals surface area contributed by atoms with E-state index < -0.39 is 0 Å². The summed E-state index contributed by atoms with van der Waals surface area (Å²) in [7, 11) is 0. The molecule has 2 heteroatoms. The van der Waals surface area contributed by atoms with Crippen LogP contribution in [0.4, 0.5) is 5.69 Å². The normalized spacial score (nSPS) is 22.2. The number of para-hydroxylation sites is 1. The molecule has 1 heterocycles. The van der Waals surface area contributed by atoms with E-state index in [9.17, 15) is 4.79 Å². The van der Waals surface area contributed by atoms with E-state index in [1.807, 2.05) is 53.4 Å². The quantitative estimate of drug-likeness (QED) is 0.754. The van der Waals surface area contributed by atoms with E-state index in [4.69, 9.17) is 0 Å². The summed E-state index contributed by atoms with van der Waals surface area (Å²) in [5.41, 5.74) is 2.96. The van der Waals surface area contributed by atoms with Gasteiger partial charge in [-0.25, -0.2) is 0 Å². The third kappa shape index (κ3) is 1.84. The van der Waals surface area contributed by atoms with Gasteiger partial charge in [-0.1, -0.05) is 43.3 Å². The first-order valence-electron chi connectivity index (χ1n) is 6.67. The Kier molecular flexibility index (Phi) is 2.86. The Labute approximate surface area is 113 Å². The average Bonchev–Trinajstić information content (AvgIpc) is 2.46. The zero-order valence-corrected chi connectivity index (χ0v) is 11.2. The van der Waals surface area contributed by atoms with Crippen LogP contribution in [-0.4, -0.2) is 11.9 Å². The summed E-state index contributed by atoms with van der Waals surface area (Å²) in [6.45, 7) is 4.30. The van der Waals surface area contributed by atoms with Crippen molar-refractivity contribution in [1.29, 1.82) is 0 Å². The number of hydrogen-bond donors (Lipinski definition) is 0. The second-order valence-electron chi connectivity index (χ2n) is 5.13. The standard InChI is InChI=1S/C17H17NO/c1-12-13(2)18(14-8-4-3-5-9-14)17(19)16-11-7-6-10-15(12)16/h3-13H,1-2H3/t12-,13-/m0/s1. The fraction of sp³-hybridized carbons (Fsp3) is 0.235. The second-order valence-corrected chi connectivity index (χ2v) is 5.13. The van der Waals surface area contributed by atoms with Crippen molar-refractivity contribution in [3.05, 3.63) is 65.7 Å². The molecule has 0 unspecified atom stereocenters. The van der Waals surface area contributed by atoms with Crippen LogP contribution in [0.15, 0.2) is 54.6 Å². The summed E-state index contributed by atoms with van der Waals surface area (Å²) in [5, 5.41) is 0. The lowest BCUT2D eigenvalue weighted by atomic mass is 9.85. The summed E-state index contributed by atoms with van der Waals surface area (Å²) in [6, 6.07) is 18.0. The number of anilines is 1. The average molecular weight is 251 g/mol. The fourth-order valence-corrected chi connectivity index (χ4v) is 2.83. The maximum absolute atomic E-state index is 12.7. The summed E-state index contributed by atoms with van der Waals surface area (Å²) < 4.78 is 0. The van der Waals surface area contributed by atoms with Crippen molar-refractivity contribution >= 4 is 11.6 Å². The van der Waals surface area contributed by atoms with E-state index in [2.05, 4.69) is 19.9 Å². The topological polar surface area (TPSA) is 20.3 Å². The first-order valence-corrected chi connectivity index (χ1v) is 6.67. The molecule has 96 valence electrons. The van der Waals surface area contributed by atoms with E-state index in [0.29, 0.717) is 5.92 Å². The summed E-state index contributed by atoms with van der Waals surface area (Å²) in [6.07, 6.45) is 0. The number of carbonyl (C=O) groups is 1. The van der Waals surface area contributed by atoms with Gasteiger partial charge in [0.25, 0.3) is 5.91 Å². The number of carbonyl (C=O) groups excluding carboxylic acids is 1. The molecule has 0 fully saturated rings. The van der Waals surface area contributed by atoms with Crippen LogP contribution in [0.3, 0.4) is 0 Å². The molecule has 1 amide bonds. The van der Waals surface area contributed by atoms with E-state index in [0.717, 1.165) is 16.8 Å². The van der Waals surface area contributed by atoms with E-state index in [1.54, 1.807) is 0 Å². The van der Waals surface area contributed by atoms with Crippen molar-refractivity contribution in [2.45, 2.75) is 25.8 Å². The van der Waals surface area contributed by atoms with Crippen LogP contribution in [0, 0.1) is 0 Å². The number of rotatable bonds is 1. The molecular weight excluding hydrogens is 234 g/mol. The number of hydrogen-bond acceptors (Lipinski definition) is 1. The van der Waals surface area contributed by atoms with Crippen LogP contribution in [0.5, 0.6) is 0 Å². The lowest BCUT2D eigenvalue weighted by Crippen LogP contribution is -2.46. The molecule has 1 aliphatic rings. The minimum Gasteiger partial charge on any atom is -0.305 e. The third-order valence-electron chi connectivity index (χ3n) is 4.07. The van der Waals surface area contributed by atoms with Crippen LogP contribution in [-0.2, 0) is 0 Å². The predicted octanol–water partition coefficient (Wildman–Crippen LogP) is 3.84. The molecule has 19 heavy (non-hydrogen) atoms. The van der Waals surface area contributed by atoms with Crippen molar-refractivity contribution in [2.24, 2.45) is 0 Å². The molecule has 0 aliphatic carbocycles. The van der Waals surface area contributed by atoms with Crippen LogP contribution in [0.25, 0.3) is 0 Å². The number of nitrogens with zero attached hydrogens (tertiary/aromatic N) is 1. The zero-order valence-electron chi connectivity index (χ0n) is 11.2. The van der Waals surface area contributed by atoms with Crippen LogP contribution >= 0.6 is 0 Å². The Morgan fingerprint density at radius 1 is 0.895 bits per heavy atom. The number of amides is 1. The highest BCUT2D eigenvalue weighted by Gasteiger charge is 2.35. The van der Waals surface area contributed by atoms with Gasteiger partial charge in [0, 0.05) is 23.2 Å². The first kappa shape index (κ1) is 12.0. The minimum atomic E-state index is 0.104. The van der Waals surface area contributed by atoms with Gasteiger partial charge in [-0.05, 0) is 30.7 Å². The molecule has 0 N–H and O–H groups in total. The highest BCUT2D eigenvalue weighted by Crippen LogP contribution is 2.35. The van der Waals surface area contributed by atoms with E-state index in [-0.39, 0.29) is 11.9 Å². The molecule has 0 saturated carbocycles. The summed E-state index contributed by atoms with van der Waals surface area (Å²) >= 11 is 0. The highest BCUT2D eigenvalue weighted by molar-refractivity contribution is 6.09. The van der Waals surface area contributed by atoms with Gasteiger partial charge in [-0.3, -0.25) is 4.79 Å². The maximum atomic E-state index is 12.7. The molecule has 0 radical (unpaired) electrons. The number of benzene rings is 2. The Hall–Kier alpha value is -2.09. The van der Waals surface area contributed by atoms with Gasteiger partial charge in [0.1, 0.15) is 0 Å². The Balaban J connectivity index is 2.12. The second kappa shape index (κ2) is 4.54. The molecular formula is C17H17NO. The first-order chi connectivity index (χ1) is 9.20. The summed E-state index contributed by atoms with van der Waals surface area (Å²) in [4.78, 5) is 14.6. The highest BCUT2D eigenvalue weighted by atomic mass is 16.2. The van der Waals surface area contributed by atoms with Gasteiger partial charge in [0.05, 0.1) is 0 Å². The van der Waals surface area contributed by atoms with Crippen LogP contribution in [0.1, 0.15) is 35.7 Å². The van der Waals surface area contributed by atoms with Crippen molar-refractivity contribution < 1.29 is 4.79 Å². The lowest BCUT2D eigenvalue weighted by molar-refractivity contribution is 0.0964. The predicted molar refractivity (Wildman–Crippen MR) is 77.6 cm³/mol. The number of fused-ring (bicyclic) bond motifs is 1. The van der Waals surface area contributed by atoms with Crippen LogP contribution in [0.2, 0.25) is 0 Å². The third-order valence-corrected chi connectivity index (χ3v) is 4.07.